The van der Waals surface area contributed by atoms with Crippen LogP contribution in [0.2, 0.25) is 0 Å². The summed E-state index contributed by atoms with van der Waals surface area (Å²) in [5.41, 5.74) is 2.88. The maximum absolute atomic E-state index is 12.5. The number of rotatable bonds is 2. The van der Waals surface area contributed by atoms with Gasteiger partial charge in [0.05, 0.1) is 11.6 Å². The molecule has 0 aliphatic carbocycles. The van der Waals surface area contributed by atoms with Gasteiger partial charge in [0.1, 0.15) is 12.1 Å². The average Bonchev–Trinajstić information content (AvgIpc) is 2.64. The summed E-state index contributed by atoms with van der Waals surface area (Å²) < 4.78 is 5.58. The van der Waals surface area contributed by atoms with E-state index in [9.17, 15) is 14.4 Å². The molecule has 0 unspecified atom stereocenters. The van der Waals surface area contributed by atoms with Crippen molar-refractivity contribution in [1.29, 1.82) is 0 Å². The van der Waals surface area contributed by atoms with Crippen molar-refractivity contribution in [2.45, 2.75) is 25.5 Å². The molecule has 4 rings (SSSR count). The third kappa shape index (κ3) is 2.73. The van der Waals surface area contributed by atoms with Crippen LogP contribution in [-0.2, 0) is 14.3 Å². The molecular formula is C20H18N2O4. The normalized spacial score (nSPS) is 24.0. The lowest BCUT2D eigenvalue weighted by atomic mass is 9.82. The first-order chi connectivity index (χ1) is 12.5. The second-order valence-electron chi connectivity index (χ2n) is 6.62. The van der Waals surface area contributed by atoms with Crippen molar-refractivity contribution < 1.29 is 19.1 Å². The van der Waals surface area contributed by atoms with Crippen molar-refractivity contribution in [2.75, 3.05) is 5.32 Å². The summed E-state index contributed by atoms with van der Waals surface area (Å²) in [7, 11) is 0. The summed E-state index contributed by atoms with van der Waals surface area (Å²) in [6, 6.07) is 13.4. The molecule has 0 bridgehead atoms. The van der Waals surface area contributed by atoms with E-state index < -0.39 is 24.0 Å². The second kappa shape index (κ2) is 6.29. The highest BCUT2D eigenvalue weighted by molar-refractivity contribution is 6.00. The second-order valence-corrected chi connectivity index (χ2v) is 6.62. The Morgan fingerprint density at radius 3 is 2.65 bits per heavy atom. The molecule has 2 heterocycles. The fourth-order valence-corrected chi connectivity index (χ4v) is 3.55. The third-order valence-electron chi connectivity index (χ3n) is 4.92. The van der Waals surface area contributed by atoms with Crippen LogP contribution in [0.3, 0.4) is 0 Å². The fourth-order valence-electron chi connectivity index (χ4n) is 3.55. The van der Waals surface area contributed by atoms with Crippen molar-refractivity contribution >= 4 is 23.5 Å². The van der Waals surface area contributed by atoms with Gasteiger partial charge < -0.3 is 15.4 Å². The summed E-state index contributed by atoms with van der Waals surface area (Å²) in [5, 5.41) is 5.59. The van der Waals surface area contributed by atoms with Crippen molar-refractivity contribution in [2.24, 2.45) is 5.92 Å². The van der Waals surface area contributed by atoms with Crippen molar-refractivity contribution in [3.63, 3.8) is 0 Å². The quantitative estimate of drug-likeness (QED) is 0.815. The Balaban J connectivity index is 1.57. The summed E-state index contributed by atoms with van der Waals surface area (Å²) in [5.74, 6) is -1.59. The van der Waals surface area contributed by atoms with Gasteiger partial charge in [-0.3, -0.25) is 9.59 Å². The van der Waals surface area contributed by atoms with Crippen LogP contribution in [0, 0.1) is 12.8 Å². The third-order valence-corrected chi connectivity index (χ3v) is 4.92. The number of carbonyl (C=O) groups is 3. The fraction of sp³-hybridized carbons (Fsp3) is 0.250. The first kappa shape index (κ1) is 16.3. The zero-order chi connectivity index (χ0) is 18.3. The Labute approximate surface area is 150 Å². The smallest absolute Gasteiger partial charge is 0.329 e. The Bertz CT molecular complexity index is 894. The molecule has 0 saturated carbocycles. The number of amides is 2. The molecule has 0 aromatic heterocycles. The van der Waals surface area contributed by atoms with Gasteiger partial charge in [0, 0.05) is 11.1 Å². The molecule has 2 aromatic rings. The minimum Gasteiger partial charge on any atom is -0.455 e. The van der Waals surface area contributed by atoms with Gasteiger partial charge in [-0.2, -0.15) is 0 Å². The maximum atomic E-state index is 12.5. The Morgan fingerprint density at radius 2 is 1.88 bits per heavy atom. The van der Waals surface area contributed by atoms with Gasteiger partial charge in [-0.1, -0.05) is 36.4 Å². The molecule has 2 aromatic carbocycles. The molecule has 26 heavy (non-hydrogen) atoms. The summed E-state index contributed by atoms with van der Waals surface area (Å²) in [6.45, 7) is 1.90. The molecule has 6 heteroatoms. The minimum atomic E-state index is -0.846. The molecule has 2 amide bonds. The number of hydrogen-bond acceptors (Lipinski definition) is 4. The molecule has 1 fully saturated rings. The van der Waals surface area contributed by atoms with Crippen LogP contribution in [0.5, 0.6) is 0 Å². The number of ether oxygens (including phenoxy) is 1. The average molecular weight is 350 g/mol. The summed E-state index contributed by atoms with van der Waals surface area (Å²) in [6.07, 6.45) is -0.405. The molecule has 3 atom stereocenters. The number of fused-ring (bicyclic) bond motifs is 3. The molecule has 2 aliphatic rings. The molecule has 0 spiro atoms. The topological polar surface area (TPSA) is 84.5 Å². The van der Waals surface area contributed by atoms with Gasteiger partial charge in [0.15, 0.2) is 0 Å². The van der Waals surface area contributed by atoms with Crippen molar-refractivity contribution in [3.05, 3.63) is 65.2 Å². The lowest BCUT2D eigenvalue weighted by Crippen LogP contribution is -2.51. The van der Waals surface area contributed by atoms with Crippen LogP contribution in [-0.4, -0.2) is 23.8 Å². The predicted octanol–water partition coefficient (Wildman–Crippen LogP) is 2.35. The van der Waals surface area contributed by atoms with Gasteiger partial charge in [0.2, 0.25) is 5.91 Å². The van der Waals surface area contributed by atoms with Gasteiger partial charge in [-0.05, 0) is 31.0 Å². The van der Waals surface area contributed by atoms with E-state index in [-0.39, 0.29) is 18.2 Å². The van der Waals surface area contributed by atoms with E-state index in [4.69, 9.17) is 4.74 Å². The molecule has 1 saturated heterocycles. The SMILES string of the molecule is Cc1cccc2c1NC(=O)[C@@H]1C[C@@H](NC(=O)c3ccccc3)C(=O)O[C@H]21. The monoisotopic (exact) mass is 350 g/mol. The first-order valence-electron chi connectivity index (χ1n) is 8.51. The lowest BCUT2D eigenvalue weighted by molar-refractivity contribution is -0.164. The molecule has 2 aliphatic heterocycles. The van der Waals surface area contributed by atoms with E-state index in [0.717, 1.165) is 11.1 Å². The predicted molar refractivity (Wildman–Crippen MR) is 94.4 cm³/mol. The standard InChI is InChI=1S/C20H18N2O4/c1-11-6-5-9-13-16(11)22-19(24)14-10-15(20(25)26-17(13)14)21-18(23)12-7-3-2-4-8-12/h2-9,14-15,17H,10H2,1H3,(H,21,23)(H,22,24)/t14-,15-,17-/m1/s1. The Kier molecular flexibility index (Phi) is 3.95. The van der Waals surface area contributed by atoms with E-state index in [0.29, 0.717) is 11.3 Å². The van der Waals surface area contributed by atoms with E-state index >= 15 is 0 Å². The Morgan fingerprint density at radius 1 is 1.12 bits per heavy atom. The first-order valence-corrected chi connectivity index (χ1v) is 8.51. The van der Waals surface area contributed by atoms with E-state index in [1.54, 1.807) is 24.3 Å². The van der Waals surface area contributed by atoms with Crippen LogP contribution >= 0.6 is 0 Å². The van der Waals surface area contributed by atoms with E-state index in [2.05, 4.69) is 10.6 Å². The van der Waals surface area contributed by atoms with Gasteiger partial charge in [-0.25, -0.2) is 4.79 Å². The van der Waals surface area contributed by atoms with Crippen molar-refractivity contribution in [3.8, 4) is 0 Å². The molecule has 132 valence electrons. The molecule has 6 nitrogen and oxygen atoms in total. The maximum Gasteiger partial charge on any atom is 0.329 e. The number of anilines is 1. The molecule has 0 radical (unpaired) electrons. The van der Waals surface area contributed by atoms with Crippen LogP contribution < -0.4 is 10.6 Å². The number of hydrogen-bond donors (Lipinski definition) is 2. The van der Waals surface area contributed by atoms with E-state index in [1.165, 1.54) is 0 Å². The highest BCUT2D eigenvalue weighted by Crippen LogP contribution is 2.43. The summed E-state index contributed by atoms with van der Waals surface area (Å²) >= 11 is 0. The molecule has 2 N–H and O–H groups in total. The summed E-state index contributed by atoms with van der Waals surface area (Å²) in [4.78, 5) is 37.3. The number of carbonyl (C=O) groups excluding carboxylic acids is 3. The number of esters is 1. The van der Waals surface area contributed by atoms with Gasteiger partial charge >= 0.3 is 5.97 Å². The number of benzene rings is 2. The van der Waals surface area contributed by atoms with Crippen LogP contribution in [0.15, 0.2) is 48.5 Å². The molecular weight excluding hydrogens is 332 g/mol. The number of nitrogens with one attached hydrogen (secondary N) is 2. The highest BCUT2D eigenvalue weighted by Gasteiger charge is 2.46. The number of aryl methyl sites for hydroxylation is 1. The minimum absolute atomic E-state index is 0.191. The van der Waals surface area contributed by atoms with Gasteiger partial charge in [0.25, 0.3) is 5.91 Å². The van der Waals surface area contributed by atoms with Crippen LogP contribution in [0.4, 0.5) is 5.69 Å². The van der Waals surface area contributed by atoms with Crippen molar-refractivity contribution in [1.82, 2.24) is 5.32 Å². The largest absolute Gasteiger partial charge is 0.455 e. The number of para-hydroxylation sites is 1. The van der Waals surface area contributed by atoms with Gasteiger partial charge in [-0.15, -0.1) is 0 Å². The van der Waals surface area contributed by atoms with Crippen LogP contribution in [0.1, 0.15) is 34.0 Å². The van der Waals surface area contributed by atoms with Crippen LogP contribution in [0.25, 0.3) is 0 Å². The Hall–Kier alpha value is -3.15. The highest BCUT2D eigenvalue weighted by atomic mass is 16.5. The van der Waals surface area contributed by atoms with E-state index in [1.807, 2.05) is 31.2 Å². The zero-order valence-corrected chi connectivity index (χ0v) is 14.2. The zero-order valence-electron chi connectivity index (χ0n) is 14.2. The lowest BCUT2D eigenvalue weighted by Gasteiger charge is -2.39.